The van der Waals surface area contributed by atoms with Crippen molar-refractivity contribution in [2.45, 2.75) is 24.5 Å². The molecule has 2 aromatic rings. The van der Waals surface area contributed by atoms with Gasteiger partial charge in [0.1, 0.15) is 30.2 Å². The van der Waals surface area contributed by atoms with Crippen LogP contribution >= 0.6 is 23.5 Å². The van der Waals surface area contributed by atoms with Crippen molar-refractivity contribution in [1.82, 2.24) is 19.5 Å². The van der Waals surface area contributed by atoms with Gasteiger partial charge in [-0.25, -0.2) is 28.6 Å². The minimum absolute atomic E-state index is 0.0426. The number of hydrogen-bond donors (Lipinski definition) is 7. The molecule has 21 heteroatoms. The van der Waals surface area contributed by atoms with Crippen LogP contribution in [0.15, 0.2) is 12.7 Å². The largest absolute Gasteiger partial charge is 0.490 e. The molecule has 0 radical (unpaired) electrons. The third-order valence-corrected chi connectivity index (χ3v) is 7.62. The van der Waals surface area contributed by atoms with Gasteiger partial charge in [0.25, 0.3) is 0 Å². The van der Waals surface area contributed by atoms with Gasteiger partial charge < -0.3 is 40.3 Å². The Bertz CT molecular complexity index is 1100. The summed E-state index contributed by atoms with van der Waals surface area (Å²) in [6, 6.07) is 0. The van der Waals surface area contributed by atoms with Crippen LogP contribution in [0.2, 0.25) is 0 Å². The lowest BCUT2D eigenvalue weighted by molar-refractivity contribution is -0.0503. The molecule has 1 saturated heterocycles. The standard InChI is InChI=1S/C10H16N5O13P3/c11-8-5-9(13-2-12-8)15(3-14-5)10-7(17)6(16)4(26-10)1-25-30(21,22)28-31(23,24)27-29(18,19)20/h2-4,6-7,10,16-17H,1H2,(H,21,22)(H,23,24)(H2,11,12,13)(H2,18,19,20)/t4-,6-,7-,10-/m1/s1/i11+1,12+1,13+1,14+1,15+1. The van der Waals surface area contributed by atoms with Crippen LogP contribution in [0.5, 0.6) is 0 Å². The molecule has 1 aliphatic rings. The molecule has 2 unspecified atom stereocenters. The lowest BCUT2D eigenvalue weighted by Crippen LogP contribution is -2.33. The molecule has 0 spiro atoms. The maximum absolute atomic E-state index is 11.8. The molecule has 0 aromatic carbocycles. The monoisotopic (exact) mass is 512 g/mol. The van der Waals surface area contributed by atoms with Gasteiger partial charge in [-0.1, -0.05) is 0 Å². The molecule has 8 N–H and O–H groups in total. The van der Waals surface area contributed by atoms with Gasteiger partial charge in [-0.2, -0.15) is 8.62 Å². The van der Waals surface area contributed by atoms with Gasteiger partial charge in [0, 0.05) is 0 Å². The minimum atomic E-state index is -5.70. The van der Waals surface area contributed by atoms with Gasteiger partial charge in [0.2, 0.25) is 0 Å². The molecule has 0 bridgehead atoms. The quantitative estimate of drug-likeness (QED) is 0.154. The maximum atomic E-state index is 11.8. The highest BCUT2D eigenvalue weighted by Crippen LogP contribution is 2.66. The normalized spacial score (nSPS) is 28.5. The van der Waals surface area contributed by atoms with Crippen LogP contribution in [0.1, 0.15) is 6.23 Å². The Labute approximate surface area is 171 Å². The number of imidazole rings is 1. The van der Waals surface area contributed by atoms with E-state index in [9.17, 15) is 28.8 Å². The van der Waals surface area contributed by atoms with E-state index in [-0.39, 0.29) is 17.0 Å². The number of aliphatic hydroxyl groups excluding tert-OH is 2. The van der Waals surface area contributed by atoms with Gasteiger partial charge in [-0.3, -0.25) is 9.09 Å². The first kappa shape index (κ1) is 24.3. The Hall–Kier alpha value is -1.36. The summed E-state index contributed by atoms with van der Waals surface area (Å²) in [7, 11) is -16.7. The molecule has 0 amide bonds. The second-order valence-corrected chi connectivity index (χ2v) is 10.4. The predicted octanol–water partition coefficient (Wildman–Crippen LogP) is -1.63. The molecule has 18 nitrogen and oxygen atoms in total. The zero-order valence-corrected chi connectivity index (χ0v) is 17.6. The van der Waals surface area contributed by atoms with Crippen LogP contribution in [-0.2, 0) is 31.6 Å². The number of nitrogens with zero attached hydrogens (tertiary/aromatic N) is 4. The SMILES string of the molecule is [15NH2]c1[15n]c[15n]c2c1[15n]c[15n]2[C@@H]1O[C@H](COP(=O)(O)OP(=O)(O)OP(=O)(O)O)[C@@H](O)[C@H]1O. The van der Waals surface area contributed by atoms with Crippen molar-refractivity contribution in [3.05, 3.63) is 12.7 Å². The summed E-state index contributed by atoms with van der Waals surface area (Å²) in [5, 5.41) is 20.4. The predicted molar refractivity (Wildman–Crippen MR) is 95.5 cm³/mol. The second-order valence-electron chi connectivity index (χ2n) is 6.02. The van der Waals surface area contributed by atoms with Gasteiger partial charge in [-0.05, 0) is 0 Å². The molecule has 3 rings (SSSR count). The number of phosphoric ester groups is 1. The summed E-state index contributed by atoms with van der Waals surface area (Å²) in [5.41, 5.74) is 6.00. The smallest absolute Gasteiger partial charge is 0.387 e. The third kappa shape index (κ3) is 5.71. The third-order valence-electron chi connectivity index (χ3n) is 3.82. The van der Waals surface area contributed by atoms with Crippen LogP contribution in [0, 0.1) is 0 Å². The number of hydrogen-bond acceptors (Lipinski definition) is 13. The molecule has 3 heterocycles. The topological polar surface area (TPSA) is 279 Å². The molecule has 2 aromatic heterocycles. The average molecular weight is 512 g/mol. The van der Waals surface area contributed by atoms with Crippen molar-refractivity contribution >= 4 is 40.4 Å². The van der Waals surface area contributed by atoms with Crippen molar-refractivity contribution < 1.29 is 61.4 Å². The highest BCUT2D eigenvalue weighted by molar-refractivity contribution is 7.66. The van der Waals surface area contributed by atoms with E-state index in [4.69, 9.17) is 25.2 Å². The Morgan fingerprint density at radius 2 is 1.71 bits per heavy atom. The fourth-order valence-corrected chi connectivity index (χ4v) is 5.65. The minimum Gasteiger partial charge on any atom is -0.387 e. The molecule has 0 saturated carbocycles. The number of aromatic nitrogens is 4. The fourth-order valence-electron chi connectivity index (χ4n) is 2.62. The summed E-state index contributed by atoms with van der Waals surface area (Å²) < 4.78 is 51.9. The highest BCUT2D eigenvalue weighted by atomic mass is 31.3. The van der Waals surface area contributed by atoms with Crippen LogP contribution in [0.25, 0.3) is 11.2 Å². The number of fused-ring (bicyclic) bond motifs is 1. The molecule has 6 atom stereocenters. The first-order chi connectivity index (χ1) is 14.2. The summed E-state index contributed by atoms with van der Waals surface area (Å²) >= 11 is 0. The number of ether oxygens (including phenoxy) is 1. The molecule has 1 aliphatic heterocycles. The number of nitrogens with two attached hydrogens (primary N) is 1. The van der Waals surface area contributed by atoms with Crippen molar-refractivity contribution in [3.8, 4) is 0 Å². The fraction of sp³-hybridized carbons (Fsp3) is 0.500. The summed E-state index contributed by atoms with van der Waals surface area (Å²) in [4.78, 5) is 47.2. The average Bonchev–Trinajstić information content (AvgIpc) is 3.13. The van der Waals surface area contributed by atoms with E-state index in [2.05, 4.69) is 28.1 Å². The van der Waals surface area contributed by atoms with Crippen LogP contribution in [0.4, 0.5) is 5.82 Å². The molecule has 31 heavy (non-hydrogen) atoms. The Balaban J connectivity index is 1.69. The lowest BCUT2D eigenvalue weighted by Gasteiger charge is -2.19. The molecule has 1 fully saturated rings. The summed E-state index contributed by atoms with van der Waals surface area (Å²) in [6.07, 6.45) is -3.69. The number of phosphoric acid groups is 3. The first-order valence-electron chi connectivity index (χ1n) is 7.92. The first-order valence-corrected chi connectivity index (χ1v) is 12.4. The Morgan fingerprint density at radius 3 is 2.35 bits per heavy atom. The van der Waals surface area contributed by atoms with E-state index in [0.717, 1.165) is 6.33 Å². The van der Waals surface area contributed by atoms with Gasteiger partial charge in [0.15, 0.2) is 17.7 Å². The van der Waals surface area contributed by atoms with Crippen LogP contribution < -0.4 is 5.73 Å². The Kier molecular flexibility index (Phi) is 6.68. The van der Waals surface area contributed by atoms with E-state index in [0.29, 0.717) is 0 Å². The maximum Gasteiger partial charge on any atom is 0.490 e. The van der Waals surface area contributed by atoms with Crippen molar-refractivity contribution in [2.24, 2.45) is 0 Å². The molecular weight excluding hydrogens is 496 g/mol. The zero-order chi connectivity index (χ0) is 23.2. The van der Waals surface area contributed by atoms with E-state index in [1.807, 2.05) is 0 Å². The molecular formula is C10H16N5O13P3. The zero-order valence-electron chi connectivity index (χ0n) is 14.9. The van der Waals surface area contributed by atoms with Crippen molar-refractivity contribution in [2.75, 3.05) is 12.3 Å². The van der Waals surface area contributed by atoms with Crippen molar-refractivity contribution in [3.63, 3.8) is 0 Å². The molecule has 174 valence electrons. The van der Waals surface area contributed by atoms with Crippen LogP contribution in [0.3, 0.4) is 0 Å². The number of aliphatic hydroxyl groups is 2. The van der Waals surface area contributed by atoms with Crippen molar-refractivity contribution in [1.29, 1.82) is 0 Å². The number of anilines is 1. The second kappa shape index (κ2) is 8.53. The molecule has 0 aliphatic carbocycles. The van der Waals surface area contributed by atoms with Crippen LogP contribution in [-0.4, -0.2) is 74.2 Å². The number of nitrogen functional groups attached to an aromatic ring is 1. The Morgan fingerprint density at radius 1 is 1.03 bits per heavy atom. The number of rotatable bonds is 8. The van der Waals surface area contributed by atoms with E-state index in [1.165, 1.54) is 10.9 Å². The summed E-state index contributed by atoms with van der Waals surface area (Å²) in [6.45, 7) is -0.956. The van der Waals surface area contributed by atoms with E-state index >= 15 is 0 Å². The highest BCUT2D eigenvalue weighted by Gasteiger charge is 2.47. The van der Waals surface area contributed by atoms with E-state index in [1.54, 1.807) is 0 Å². The van der Waals surface area contributed by atoms with Gasteiger partial charge in [0.05, 0.1) is 12.9 Å². The van der Waals surface area contributed by atoms with E-state index < -0.39 is 54.6 Å². The van der Waals surface area contributed by atoms with Gasteiger partial charge in [-0.15, -0.1) is 0 Å². The lowest BCUT2D eigenvalue weighted by atomic mass is 10.1. The summed E-state index contributed by atoms with van der Waals surface area (Å²) in [5.74, 6) is 0.0426. The van der Waals surface area contributed by atoms with Gasteiger partial charge >= 0.3 is 23.5 Å².